The van der Waals surface area contributed by atoms with Crippen LogP contribution in [0.15, 0.2) is 45.6 Å². The quantitative estimate of drug-likeness (QED) is 0.149. The Morgan fingerprint density at radius 1 is 0.810 bits per heavy atom. The van der Waals surface area contributed by atoms with Crippen molar-refractivity contribution in [2.45, 2.75) is 68.3 Å². The lowest BCUT2D eigenvalue weighted by molar-refractivity contribution is -0.348. The van der Waals surface area contributed by atoms with Gasteiger partial charge in [-0.3, -0.25) is 4.79 Å². The Morgan fingerprint density at radius 3 is 2.14 bits per heavy atom. The molecule has 42 heavy (non-hydrogen) atoms. The van der Waals surface area contributed by atoms with Gasteiger partial charge in [-0.1, -0.05) is 0 Å². The van der Waals surface area contributed by atoms with E-state index in [1.807, 2.05) is 0 Å². The summed E-state index contributed by atoms with van der Waals surface area (Å²) in [6.45, 7) is 0.710. The number of aromatic hydroxyl groups is 3. The molecule has 3 heterocycles. The van der Waals surface area contributed by atoms with Crippen molar-refractivity contribution in [1.82, 2.24) is 0 Å². The summed E-state index contributed by atoms with van der Waals surface area (Å²) in [7, 11) is 0. The molecule has 2 fully saturated rings. The third-order valence-corrected chi connectivity index (χ3v) is 7.24. The van der Waals surface area contributed by atoms with Gasteiger partial charge in [0.1, 0.15) is 65.2 Å². The summed E-state index contributed by atoms with van der Waals surface area (Å²) in [4.78, 5) is 12.7. The molecule has 15 nitrogen and oxygen atoms in total. The van der Waals surface area contributed by atoms with Crippen molar-refractivity contribution in [1.29, 1.82) is 0 Å². The van der Waals surface area contributed by atoms with Crippen LogP contribution in [0.4, 0.5) is 0 Å². The van der Waals surface area contributed by atoms with Crippen LogP contribution in [0.2, 0.25) is 0 Å². The monoisotopic (exact) mass is 594 g/mol. The van der Waals surface area contributed by atoms with E-state index in [1.54, 1.807) is 0 Å². The summed E-state index contributed by atoms with van der Waals surface area (Å²) >= 11 is 0. The normalized spacial score (nSPS) is 33.5. The Hall–Kier alpha value is -3.51. The van der Waals surface area contributed by atoms with Crippen molar-refractivity contribution in [2.75, 3.05) is 6.61 Å². The maximum absolute atomic E-state index is 12.7. The van der Waals surface area contributed by atoms with Gasteiger partial charge in [-0.25, -0.2) is 0 Å². The van der Waals surface area contributed by atoms with E-state index in [4.69, 9.17) is 23.4 Å². The molecule has 0 unspecified atom stereocenters. The number of ether oxygens (including phenoxy) is 4. The van der Waals surface area contributed by atoms with Gasteiger partial charge in [-0.15, -0.1) is 0 Å². The third kappa shape index (κ3) is 5.37. The second-order valence-corrected chi connectivity index (χ2v) is 10.1. The second kappa shape index (κ2) is 11.6. The van der Waals surface area contributed by atoms with E-state index >= 15 is 0 Å². The average Bonchev–Trinajstić information content (AvgIpc) is 2.96. The molecule has 2 aliphatic heterocycles. The van der Waals surface area contributed by atoms with E-state index in [9.17, 15) is 50.8 Å². The van der Waals surface area contributed by atoms with E-state index in [-0.39, 0.29) is 22.5 Å². The molecular weight excluding hydrogens is 564 g/mol. The molecule has 2 aromatic carbocycles. The van der Waals surface area contributed by atoms with Gasteiger partial charge in [0.2, 0.25) is 12.0 Å². The molecule has 1 aromatic heterocycles. The molecule has 10 atom stereocenters. The molecule has 2 saturated heterocycles. The molecule has 0 saturated carbocycles. The highest BCUT2D eigenvalue weighted by atomic mass is 16.7. The van der Waals surface area contributed by atoms with Crippen LogP contribution in [0.5, 0.6) is 23.0 Å². The van der Waals surface area contributed by atoms with Crippen LogP contribution < -0.4 is 10.2 Å². The van der Waals surface area contributed by atoms with Gasteiger partial charge in [-0.05, 0) is 31.2 Å². The van der Waals surface area contributed by atoms with Crippen LogP contribution in [0.1, 0.15) is 6.92 Å². The fourth-order valence-electron chi connectivity index (χ4n) is 4.88. The van der Waals surface area contributed by atoms with Crippen LogP contribution >= 0.6 is 0 Å². The zero-order chi connectivity index (χ0) is 30.5. The second-order valence-electron chi connectivity index (χ2n) is 10.1. The van der Waals surface area contributed by atoms with Gasteiger partial charge >= 0.3 is 0 Å². The Kier molecular flexibility index (Phi) is 8.30. The first-order chi connectivity index (χ1) is 19.9. The molecule has 0 bridgehead atoms. The van der Waals surface area contributed by atoms with Crippen LogP contribution in [0.3, 0.4) is 0 Å². The third-order valence-electron chi connectivity index (χ3n) is 7.24. The molecule has 0 radical (unpaired) electrons. The smallest absolute Gasteiger partial charge is 0.229 e. The fourth-order valence-corrected chi connectivity index (χ4v) is 4.88. The Morgan fingerprint density at radius 2 is 1.48 bits per heavy atom. The first-order valence-corrected chi connectivity index (χ1v) is 12.9. The van der Waals surface area contributed by atoms with Gasteiger partial charge in [-0.2, -0.15) is 0 Å². The first-order valence-electron chi connectivity index (χ1n) is 12.9. The molecule has 2 aliphatic rings. The number of hydrogen-bond acceptors (Lipinski definition) is 15. The number of phenolic OH excluding ortho intramolecular Hbond substituents is 3. The van der Waals surface area contributed by atoms with E-state index in [0.717, 1.165) is 12.1 Å². The maximum atomic E-state index is 12.7. The standard InChI is InChI=1S/C27H30O15/c1-9-25(42-27-23(36)21(34)19(32)16(8-28)41-27)22(35)24(37)26(38-9)40-15-7-14-17(20(33)18(15)31)12(30)6-13(39-14)10-2-4-11(29)5-3-10/h2-7,9,16,19,21-29,31-37H,8H2,1H3/t9-,16-,19+,21-,22-,23-,24-,25-,26+,27-/m0/s1. The number of hydrogen-bond donors (Lipinski definition) is 9. The summed E-state index contributed by atoms with van der Waals surface area (Å²) in [6, 6.07) is 7.93. The van der Waals surface area contributed by atoms with Crippen LogP contribution in [-0.4, -0.2) is 114 Å². The predicted molar refractivity (Wildman–Crippen MR) is 139 cm³/mol. The average molecular weight is 595 g/mol. The molecule has 15 heteroatoms. The Bertz CT molecular complexity index is 1470. The van der Waals surface area contributed by atoms with E-state index < -0.39 is 90.7 Å². The lowest BCUT2D eigenvalue weighted by Gasteiger charge is -2.45. The minimum atomic E-state index is -1.84. The molecule has 0 spiro atoms. The van der Waals surface area contributed by atoms with E-state index in [0.29, 0.717) is 5.56 Å². The number of rotatable bonds is 6. The highest BCUT2D eigenvalue weighted by Crippen LogP contribution is 2.43. The van der Waals surface area contributed by atoms with Crippen molar-refractivity contribution in [3.8, 4) is 34.3 Å². The number of aliphatic hydroxyl groups is 6. The van der Waals surface area contributed by atoms with E-state index in [2.05, 4.69) is 0 Å². The lowest BCUT2D eigenvalue weighted by atomic mass is 9.97. The first kappa shape index (κ1) is 30.0. The van der Waals surface area contributed by atoms with Gasteiger partial charge in [0.15, 0.2) is 23.2 Å². The summed E-state index contributed by atoms with van der Waals surface area (Å²) in [6.07, 6.45) is -15.7. The highest BCUT2D eigenvalue weighted by Gasteiger charge is 2.50. The minimum Gasteiger partial charge on any atom is -0.508 e. The Balaban J connectivity index is 1.38. The van der Waals surface area contributed by atoms with Gasteiger partial charge in [0, 0.05) is 17.7 Å². The molecule has 3 aromatic rings. The molecule has 5 rings (SSSR count). The van der Waals surface area contributed by atoms with Crippen LogP contribution in [0, 0.1) is 0 Å². The van der Waals surface area contributed by atoms with Crippen molar-refractivity contribution in [3.63, 3.8) is 0 Å². The largest absolute Gasteiger partial charge is 0.508 e. The van der Waals surface area contributed by atoms with Crippen molar-refractivity contribution in [3.05, 3.63) is 46.6 Å². The highest BCUT2D eigenvalue weighted by molar-refractivity contribution is 5.89. The number of phenols is 3. The van der Waals surface area contributed by atoms with Crippen molar-refractivity contribution >= 4 is 11.0 Å². The molecule has 9 N–H and O–H groups in total. The topological polar surface area (TPSA) is 249 Å². The van der Waals surface area contributed by atoms with Crippen molar-refractivity contribution in [2.24, 2.45) is 0 Å². The van der Waals surface area contributed by atoms with Crippen LogP contribution in [0.25, 0.3) is 22.3 Å². The van der Waals surface area contributed by atoms with E-state index in [1.165, 1.54) is 31.2 Å². The zero-order valence-electron chi connectivity index (χ0n) is 21.9. The maximum Gasteiger partial charge on any atom is 0.229 e. The molecule has 228 valence electrons. The number of fused-ring (bicyclic) bond motifs is 1. The van der Waals surface area contributed by atoms with Gasteiger partial charge in [0.05, 0.1) is 12.7 Å². The summed E-state index contributed by atoms with van der Waals surface area (Å²) in [5, 5.41) is 91.5. The van der Waals surface area contributed by atoms with Crippen molar-refractivity contribution < 1.29 is 69.3 Å². The minimum absolute atomic E-state index is 0.0107. The molecule has 0 amide bonds. The molecule has 0 aliphatic carbocycles. The summed E-state index contributed by atoms with van der Waals surface area (Å²) in [5.41, 5.74) is -0.460. The van der Waals surface area contributed by atoms with Crippen LogP contribution in [-0.2, 0) is 14.2 Å². The van der Waals surface area contributed by atoms with Gasteiger partial charge in [0.25, 0.3) is 0 Å². The van der Waals surface area contributed by atoms with Gasteiger partial charge < -0.3 is 69.3 Å². The summed E-state index contributed by atoms with van der Waals surface area (Å²) < 4.78 is 27.8. The summed E-state index contributed by atoms with van der Waals surface area (Å²) in [5.74, 6) is -2.14. The SMILES string of the molecule is C[C@@H]1O[C@H](Oc2cc3oc(-c4ccc(O)cc4)cc(=O)c3c(O)c2O)[C@@H](O)[C@H](O)[C@H]1O[C@@H]1O[C@@H](CO)[C@@H](O)[C@H](O)[C@@H]1O. The lowest BCUT2D eigenvalue weighted by Crippen LogP contribution is -2.64. The number of aliphatic hydroxyl groups excluding tert-OH is 6. The number of benzene rings is 2. The Labute approximate surface area is 236 Å². The predicted octanol–water partition coefficient (Wildman–Crippen LogP) is -1.39. The fraction of sp³-hybridized carbons (Fsp3) is 0.444. The molecular formula is C27H30O15. The zero-order valence-corrected chi connectivity index (χ0v) is 21.9.